The molecule has 0 aromatic carbocycles. The summed E-state index contributed by atoms with van der Waals surface area (Å²) in [5.41, 5.74) is 0. The van der Waals surface area contributed by atoms with Crippen LogP contribution in [0.25, 0.3) is 9.75 Å². The van der Waals surface area contributed by atoms with Crippen LogP contribution in [0.15, 0.2) is 28.5 Å². The number of nitrogens with one attached hydrogen (secondary N) is 1. The van der Waals surface area contributed by atoms with E-state index in [1.54, 1.807) is 19.1 Å². The van der Waals surface area contributed by atoms with Crippen LogP contribution in [0, 0.1) is 0 Å². The molecule has 2 aromatic rings. The van der Waals surface area contributed by atoms with Gasteiger partial charge in [-0.15, -0.1) is 22.7 Å². The van der Waals surface area contributed by atoms with Gasteiger partial charge in [-0.3, -0.25) is 19.3 Å². The van der Waals surface area contributed by atoms with Crippen molar-refractivity contribution in [3.05, 3.63) is 28.6 Å². The fourth-order valence-corrected chi connectivity index (χ4v) is 9.33. The lowest BCUT2D eigenvalue weighted by Crippen LogP contribution is -2.56. The lowest BCUT2D eigenvalue weighted by Gasteiger charge is -2.38. The average molecular weight is 628 g/mol. The highest BCUT2D eigenvalue weighted by Gasteiger charge is 2.37. The number of thiophene rings is 2. The summed E-state index contributed by atoms with van der Waals surface area (Å²) in [7, 11) is -3.91. The summed E-state index contributed by atoms with van der Waals surface area (Å²) in [6.45, 7) is 6.36. The molecule has 0 aliphatic carbocycles. The van der Waals surface area contributed by atoms with Crippen LogP contribution < -0.4 is 4.72 Å². The predicted molar refractivity (Wildman–Crippen MR) is 156 cm³/mol. The molecule has 2 aromatic heterocycles. The Hall–Kier alpha value is -2.03. The van der Waals surface area contributed by atoms with Gasteiger partial charge in [-0.25, -0.2) is 8.42 Å². The van der Waals surface area contributed by atoms with Crippen molar-refractivity contribution in [2.24, 2.45) is 0 Å². The minimum atomic E-state index is -3.91. The quantitative estimate of drug-likeness (QED) is 0.482. The Labute approximate surface area is 247 Å². The second-order valence-electron chi connectivity index (χ2n) is 10.5. The van der Waals surface area contributed by atoms with Crippen molar-refractivity contribution in [3.8, 4) is 9.75 Å². The van der Waals surface area contributed by atoms with E-state index in [0.717, 1.165) is 53.6 Å². The highest BCUT2D eigenvalue weighted by atomic mass is 35.5. The van der Waals surface area contributed by atoms with Crippen LogP contribution in [0.2, 0.25) is 4.34 Å². The number of carbonyl (C=O) groups excluding carboxylic acids is 3. The Morgan fingerprint density at radius 2 is 1.68 bits per heavy atom. The second-order valence-corrected chi connectivity index (χ2v) is 15.2. The molecule has 0 radical (unpaired) electrons. The second kappa shape index (κ2) is 12.5. The van der Waals surface area contributed by atoms with E-state index in [-0.39, 0.29) is 34.5 Å². The van der Waals surface area contributed by atoms with Crippen LogP contribution in [0.1, 0.15) is 32.6 Å². The maximum absolute atomic E-state index is 13.3. The summed E-state index contributed by atoms with van der Waals surface area (Å²) in [5.74, 6) is -0.367. The molecule has 3 aliphatic heterocycles. The highest BCUT2D eigenvalue weighted by Crippen LogP contribution is 2.37. The Morgan fingerprint density at radius 3 is 2.38 bits per heavy atom. The van der Waals surface area contributed by atoms with Gasteiger partial charge in [0.2, 0.25) is 17.7 Å². The molecule has 10 nitrogen and oxygen atoms in total. The van der Waals surface area contributed by atoms with Gasteiger partial charge in [0.25, 0.3) is 10.0 Å². The van der Waals surface area contributed by atoms with Gasteiger partial charge in [0.15, 0.2) is 0 Å². The molecule has 3 fully saturated rings. The van der Waals surface area contributed by atoms with Crippen LogP contribution in [-0.4, -0.2) is 110 Å². The number of carbonyl (C=O) groups is 3. The number of hydrogen-bond donors (Lipinski definition) is 1. The van der Waals surface area contributed by atoms with E-state index in [1.165, 1.54) is 22.3 Å². The SMILES string of the molecule is CC(=O)N1CCN(C[C@@H]2CCCN2C(=O)CN2CCC[C@H](NS(=O)(=O)c3ccc(-c4ccc(Cl)s4)s3)C2=O)CC1. The summed E-state index contributed by atoms with van der Waals surface area (Å²) in [5, 5.41) is 0. The zero-order valence-corrected chi connectivity index (χ0v) is 25.6. The van der Waals surface area contributed by atoms with Gasteiger partial charge in [-0.1, -0.05) is 11.6 Å². The van der Waals surface area contributed by atoms with Crippen LogP contribution in [0.3, 0.4) is 0 Å². The molecule has 218 valence electrons. The Kier molecular flexibility index (Phi) is 9.17. The third-order valence-electron chi connectivity index (χ3n) is 7.80. The summed E-state index contributed by atoms with van der Waals surface area (Å²) in [6, 6.07) is 6.08. The van der Waals surface area contributed by atoms with Crippen molar-refractivity contribution in [1.29, 1.82) is 0 Å². The number of piperazine rings is 1. The molecule has 0 saturated carbocycles. The number of amides is 3. The Bertz CT molecular complexity index is 1350. The van der Waals surface area contributed by atoms with E-state index < -0.39 is 16.1 Å². The lowest BCUT2D eigenvalue weighted by atomic mass is 10.1. The number of likely N-dealkylation sites (tertiary alicyclic amines) is 2. The number of piperidine rings is 1. The number of rotatable bonds is 8. The highest BCUT2D eigenvalue weighted by molar-refractivity contribution is 7.91. The van der Waals surface area contributed by atoms with Gasteiger partial charge in [-0.2, -0.15) is 4.72 Å². The minimum Gasteiger partial charge on any atom is -0.340 e. The van der Waals surface area contributed by atoms with E-state index in [4.69, 9.17) is 11.6 Å². The normalized spacial score (nSPS) is 22.8. The van der Waals surface area contributed by atoms with Crippen molar-refractivity contribution in [1.82, 2.24) is 24.3 Å². The zero-order valence-electron chi connectivity index (χ0n) is 22.4. The molecule has 3 saturated heterocycles. The van der Waals surface area contributed by atoms with Gasteiger partial charge in [0, 0.05) is 68.5 Å². The summed E-state index contributed by atoms with van der Waals surface area (Å²) in [6.07, 6.45) is 2.83. The van der Waals surface area contributed by atoms with Crippen molar-refractivity contribution in [2.75, 3.05) is 52.4 Å². The number of nitrogens with zero attached hydrogens (tertiary/aromatic N) is 4. The first-order valence-electron chi connectivity index (χ1n) is 13.5. The standard InChI is InChI=1S/C26H34ClN5O5S3/c1-18(33)30-14-12-29(13-15-30)16-19-4-2-11-32(19)24(34)17-31-10-3-5-20(26(31)35)28-40(36,37)25-9-7-22(39-25)21-6-8-23(27)38-21/h6-9,19-20,28H,2-5,10-17H2,1H3/t19-,20-/m0/s1. The molecule has 2 atom stereocenters. The molecular weight excluding hydrogens is 594 g/mol. The molecule has 0 bridgehead atoms. The van der Waals surface area contributed by atoms with Crippen molar-refractivity contribution in [3.63, 3.8) is 0 Å². The first kappa shape index (κ1) is 29.5. The van der Waals surface area contributed by atoms with Crippen LogP contribution in [0.5, 0.6) is 0 Å². The Morgan fingerprint density at radius 1 is 0.975 bits per heavy atom. The fraction of sp³-hybridized carbons (Fsp3) is 0.577. The molecule has 0 unspecified atom stereocenters. The first-order valence-corrected chi connectivity index (χ1v) is 17.0. The molecule has 5 heterocycles. The number of halogens is 1. The monoisotopic (exact) mass is 627 g/mol. The summed E-state index contributed by atoms with van der Waals surface area (Å²) < 4.78 is 29.6. The molecule has 0 spiro atoms. The van der Waals surface area contributed by atoms with Crippen LogP contribution >= 0.6 is 34.3 Å². The Balaban J connectivity index is 1.16. The fourth-order valence-electron chi connectivity index (χ4n) is 5.65. The lowest BCUT2D eigenvalue weighted by molar-refractivity contribution is -0.143. The molecule has 3 amide bonds. The maximum Gasteiger partial charge on any atom is 0.250 e. The molecule has 40 heavy (non-hydrogen) atoms. The third-order valence-corrected chi connectivity index (χ3v) is 12.3. The van der Waals surface area contributed by atoms with Crippen molar-refractivity contribution < 1.29 is 22.8 Å². The van der Waals surface area contributed by atoms with E-state index in [9.17, 15) is 22.8 Å². The molecule has 3 aliphatic rings. The smallest absolute Gasteiger partial charge is 0.250 e. The van der Waals surface area contributed by atoms with Crippen LogP contribution in [0.4, 0.5) is 0 Å². The van der Waals surface area contributed by atoms with Gasteiger partial charge >= 0.3 is 0 Å². The van der Waals surface area contributed by atoms with Crippen LogP contribution in [-0.2, 0) is 24.4 Å². The average Bonchev–Trinajstić information content (AvgIpc) is 3.68. The summed E-state index contributed by atoms with van der Waals surface area (Å²) in [4.78, 5) is 47.4. The van der Waals surface area contributed by atoms with Gasteiger partial charge in [0.1, 0.15) is 10.3 Å². The van der Waals surface area contributed by atoms with E-state index in [2.05, 4.69) is 9.62 Å². The maximum atomic E-state index is 13.3. The van der Waals surface area contributed by atoms with Gasteiger partial charge < -0.3 is 14.7 Å². The molecule has 14 heteroatoms. The largest absolute Gasteiger partial charge is 0.340 e. The predicted octanol–water partition coefficient (Wildman–Crippen LogP) is 2.55. The molecule has 1 N–H and O–H groups in total. The van der Waals surface area contributed by atoms with E-state index in [1.807, 2.05) is 15.9 Å². The topological polar surface area (TPSA) is 110 Å². The number of hydrogen-bond acceptors (Lipinski definition) is 8. The zero-order chi connectivity index (χ0) is 28.4. The van der Waals surface area contributed by atoms with E-state index in [0.29, 0.717) is 43.4 Å². The van der Waals surface area contributed by atoms with Crippen molar-refractivity contribution in [2.45, 2.75) is 48.9 Å². The van der Waals surface area contributed by atoms with E-state index >= 15 is 0 Å². The number of sulfonamides is 1. The van der Waals surface area contributed by atoms with Gasteiger partial charge in [0.05, 0.1) is 10.9 Å². The first-order chi connectivity index (χ1) is 19.1. The van der Waals surface area contributed by atoms with Crippen molar-refractivity contribution >= 4 is 62.0 Å². The minimum absolute atomic E-state index is 0.0477. The summed E-state index contributed by atoms with van der Waals surface area (Å²) >= 11 is 8.53. The molecule has 5 rings (SSSR count). The molecular formula is C26H34ClN5O5S3. The van der Waals surface area contributed by atoms with Gasteiger partial charge in [-0.05, 0) is 49.9 Å². The third kappa shape index (κ3) is 6.71.